The molecular weight excluding hydrogens is 268 g/mol. The third-order valence-electron chi connectivity index (χ3n) is 1.89. The van der Waals surface area contributed by atoms with Gasteiger partial charge in [-0.15, -0.1) is 0 Å². The zero-order valence-corrected chi connectivity index (χ0v) is 11.4. The number of carbonyl (C=O) groups excluding carboxylic acids is 3. The van der Waals surface area contributed by atoms with E-state index in [1.54, 1.807) is 0 Å². The van der Waals surface area contributed by atoms with E-state index in [2.05, 4.69) is 20.9 Å². The van der Waals surface area contributed by atoms with Crippen LogP contribution in [-0.4, -0.2) is 64.2 Å². The molecule has 3 N–H and O–H groups in total. The van der Waals surface area contributed by atoms with Crippen LogP contribution in [0, 0.1) is 0 Å². The Bertz CT molecular complexity index is 331. The Kier molecular flexibility index (Phi) is 12.2. The average Bonchev–Trinajstić information content (AvgIpc) is 2.42. The van der Waals surface area contributed by atoms with Crippen LogP contribution in [0.4, 0.5) is 4.79 Å². The van der Waals surface area contributed by atoms with Gasteiger partial charge in [-0.2, -0.15) is 4.99 Å². The number of nitrogens with zero attached hydrogens (tertiary/aromatic N) is 1. The first-order valence-corrected chi connectivity index (χ1v) is 6.18. The largest absolute Gasteiger partial charge is 0.377 e. The number of amides is 3. The fourth-order valence-corrected chi connectivity index (χ4v) is 1.08. The van der Waals surface area contributed by atoms with Crippen molar-refractivity contribution in [1.82, 2.24) is 16.0 Å². The second kappa shape index (κ2) is 13.5. The monoisotopic (exact) mass is 288 g/mol. The summed E-state index contributed by atoms with van der Waals surface area (Å²) in [6, 6.07) is -0.444. The van der Waals surface area contributed by atoms with E-state index in [4.69, 9.17) is 9.47 Å². The Morgan fingerprint density at radius 2 is 1.85 bits per heavy atom. The summed E-state index contributed by atoms with van der Waals surface area (Å²) in [7, 11) is 0. The van der Waals surface area contributed by atoms with Gasteiger partial charge in [-0.05, 0) is 6.92 Å². The minimum atomic E-state index is -0.444. The molecule has 0 aliphatic rings. The van der Waals surface area contributed by atoms with Gasteiger partial charge in [0.2, 0.25) is 12.0 Å². The summed E-state index contributed by atoms with van der Waals surface area (Å²) in [6.07, 6.45) is 1.30. The summed E-state index contributed by atoms with van der Waals surface area (Å²) in [5, 5.41) is 7.41. The summed E-state index contributed by atoms with van der Waals surface area (Å²) >= 11 is 0. The first-order chi connectivity index (χ1) is 9.70. The Morgan fingerprint density at radius 3 is 2.55 bits per heavy atom. The number of aliphatic imine (C=N–C) groups is 1. The van der Waals surface area contributed by atoms with Gasteiger partial charge in [0.05, 0.1) is 19.8 Å². The van der Waals surface area contributed by atoms with Gasteiger partial charge in [-0.1, -0.05) is 0 Å². The van der Waals surface area contributed by atoms with Crippen molar-refractivity contribution in [1.29, 1.82) is 0 Å². The molecule has 0 aliphatic carbocycles. The molecule has 0 aliphatic heterocycles. The molecule has 0 heterocycles. The van der Waals surface area contributed by atoms with Crippen LogP contribution >= 0.6 is 0 Å². The number of nitrogens with one attached hydrogen (secondary N) is 3. The molecule has 0 aromatic rings. The van der Waals surface area contributed by atoms with Crippen LogP contribution in [0.3, 0.4) is 0 Å². The van der Waals surface area contributed by atoms with E-state index >= 15 is 0 Å². The number of ether oxygens (including phenoxy) is 2. The van der Waals surface area contributed by atoms with Crippen LogP contribution in [0.2, 0.25) is 0 Å². The van der Waals surface area contributed by atoms with Crippen LogP contribution in [-0.2, 0) is 19.1 Å². The molecule has 0 rings (SSSR count). The highest BCUT2D eigenvalue weighted by molar-refractivity contribution is 5.77. The third-order valence-corrected chi connectivity index (χ3v) is 1.89. The van der Waals surface area contributed by atoms with Crippen LogP contribution in [0.1, 0.15) is 6.92 Å². The summed E-state index contributed by atoms with van der Waals surface area (Å²) in [4.78, 5) is 34.9. The van der Waals surface area contributed by atoms with Gasteiger partial charge in [0.25, 0.3) is 0 Å². The SMILES string of the molecule is CCNC(=O)COCCOCCNC(=O)NCN=C=O. The van der Waals surface area contributed by atoms with Crippen molar-refractivity contribution >= 4 is 18.0 Å². The number of likely N-dealkylation sites (N-methyl/N-ethyl adjacent to an activating group) is 1. The van der Waals surface area contributed by atoms with Crippen LogP contribution < -0.4 is 16.0 Å². The van der Waals surface area contributed by atoms with Crippen LogP contribution in [0.15, 0.2) is 4.99 Å². The summed E-state index contributed by atoms with van der Waals surface area (Å²) in [6.45, 7) is 3.57. The van der Waals surface area contributed by atoms with Gasteiger partial charge in [0.1, 0.15) is 13.3 Å². The zero-order chi connectivity index (χ0) is 15.1. The highest BCUT2D eigenvalue weighted by Gasteiger charge is 1.99. The molecule has 0 aromatic carbocycles. The topological polar surface area (TPSA) is 118 Å². The number of hydrogen-bond donors (Lipinski definition) is 3. The van der Waals surface area contributed by atoms with Crippen molar-refractivity contribution in [3.63, 3.8) is 0 Å². The molecule has 114 valence electrons. The van der Waals surface area contributed by atoms with Gasteiger partial charge in [0, 0.05) is 13.1 Å². The van der Waals surface area contributed by atoms with Gasteiger partial charge in [-0.3, -0.25) is 4.79 Å². The number of hydrogen-bond acceptors (Lipinski definition) is 6. The van der Waals surface area contributed by atoms with E-state index in [1.165, 1.54) is 6.08 Å². The number of rotatable bonds is 11. The lowest BCUT2D eigenvalue weighted by atomic mass is 10.6. The lowest BCUT2D eigenvalue weighted by Crippen LogP contribution is -2.37. The van der Waals surface area contributed by atoms with Crippen molar-refractivity contribution < 1.29 is 23.9 Å². The molecule has 0 fully saturated rings. The molecular formula is C11H20N4O5. The Hall–Kier alpha value is -1.96. The van der Waals surface area contributed by atoms with Crippen molar-refractivity contribution in [2.75, 3.05) is 46.2 Å². The van der Waals surface area contributed by atoms with E-state index in [9.17, 15) is 14.4 Å². The summed E-state index contributed by atoms with van der Waals surface area (Å²) in [5.41, 5.74) is 0. The van der Waals surface area contributed by atoms with Crippen molar-refractivity contribution in [2.45, 2.75) is 6.92 Å². The maximum absolute atomic E-state index is 11.1. The van der Waals surface area contributed by atoms with E-state index in [0.29, 0.717) is 32.9 Å². The fourth-order valence-electron chi connectivity index (χ4n) is 1.08. The Balaban J connectivity index is 3.26. The Morgan fingerprint density at radius 1 is 1.10 bits per heavy atom. The molecule has 0 saturated carbocycles. The van der Waals surface area contributed by atoms with Gasteiger partial charge in [-0.25, -0.2) is 9.59 Å². The van der Waals surface area contributed by atoms with Gasteiger partial charge >= 0.3 is 6.03 Å². The minimum Gasteiger partial charge on any atom is -0.377 e. The second-order valence-corrected chi connectivity index (χ2v) is 3.46. The summed E-state index contributed by atoms with van der Waals surface area (Å²) in [5.74, 6) is -0.163. The fraction of sp³-hybridized carbons (Fsp3) is 0.727. The quantitative estimate of drug-likeness (QED) is 0.249. The standard InChI is InChI=1S/C11H20N4O5/c1-2-13-10(17)7-20-6-5-19-4-3-14-11(18)15-8-12-9-16/h2-8H2,1H3,(H,13,17)(H2,14,15,18). The highest BCUT2D eigenvalue weighted by atomic mass is 16.5. The molecule has 0 radical (unpaired) electrons. The third kappa shape index (κ3) is 12.5. The molecule has 20 heavy (non-hydrogen) atoms. The summed E-state index contributed by atoms with van der Waals surface area (Å²) < 4.78 is 10.2. The molecule has 0 aromatic heterocycles. The molecule has 0 spiro atoms. The molecule has 3 amide bonds. The average molecular weight is 288 g/mol. The number of urea groups is 1. The molecule has 9 heteroatoms. The van der Waals surface area contributed by atoms with Crippen LogP contribution in [0.25, 0.3) is 0 Å². The first kappa shape index (κ1) is 18.0. The van der Waals surface area contributed by atoms with E-state index in [1.807, 2.05) is 6.92 Å². The van der Waals surface area contributed by atoms with Crippen molar-refractivity contribution in [3.8, 4) is 0 Å². The zero-order valence-electron chi connectivity index (χ0n) is 11.4. The number of isocyanates is 1. The predicted molar refractivity (Wildman–Crippen MR) is 69.8 cm³/mol. The Labute approximate surface area is 117 Å². The second-order valence-electron chi connectivity index (χ2n) is 3.46. The lowest BCUT2D eigenvalue weighted by molar-refractivity contribution is -0.126. The maximum atomic E-state index is 11.1. The molecule has 0 atom stereocenters. The molecule has 9 nitrogen and oxygen atoms in total. The van der Waals surface area contributed by atoms with Gasteiger partial charge < -0.3 is 25.4 Å². The molecule has 0 saturated heterocycles. The van der Waals surface area contributed by atoms with Gasteiger partial charge in [0.15, 0.2) is 0 Å². The van der Waals surface area contributed by atoms with E-state index < -0.39 is 6.03 Å². The maximum Gasteiger partial charge on any atom is 0.316 e. The normalized spacial score (nSPS) is 9.45. The van der Waals surface area contributed by atoms with Crippen molar-refractivity contribution in [2.24, 2.45) is 4.99 Å². The van der Waals surface area contributed by atoms with Crippen LogP contribution in [0.5, 0.6) is 0 Å². The molecule has 0 bridgehead atoms. The van der Waals surface area contributed by atoms with E-state index in [0.717, 1.165) is 0 Å². The number of carbonyl (C=O) groups is 2. The predicted octanol–water partition coefficient (Wildman–Crippen LogP) is -1.25. The molecule has 0 unspecified atom stereocenters. The van der Waals surface area contributed by atoms with E-state index in [-0.39, 0.29) is 19.2 Å². The van der Waals surface area contributed by atoms with Crippen molar-refractivity contribution in [3.05, 3.63) is 0 Å². The first-order valence-electron chi connectivity index (χ1n) is 6.18. The smallest absolute Gasteiger partial charge is 0.316 e. The lowest BCUT2D eigenvalue weighted by Gasteiger charge is -2.07. The highest BCUT2D eigenvalue weighted by Crippen LogP contribution is 1.79. The minimum absolute atomic E-state index is 0.00903.